The minimum Gasteiger partial charge on any atom is -0.497 e. The van der Waals surface area contributed by atoms with Gasteiger partial charge in [-0.25, -0.2) is 5.06 Å². The van der Waals surface area contributed by atoms with Crippen molar-refractivity contribution in [2.75, 3.05) is 21.3 Å². The highest BCUT2D eigenvalue weighted by molar-refractivity contribution is 6.31. The van der Waals surface area contributed by atoms with Crippen molar-refractivity contribution in [1.82, 2.24) is 14.6 Å². The fourth-order valence-corrected chi connectivity index (χ4v) is 3.31. The van der Waals surface area contributed by atoms with E-state index in [4.69, 9.17) is 25.9 Å². The van der Waals surface area contributed by atoms with Crippen LogP contribution >= 0.6 is 11.6 Å². The number of carbonyl (C=O) groups is 1. The van der Waals surface area contributed by atoms with Crippen molar-refractivity contribution in [2.45, 2.75) is 20.5 Å². The molecular formula is C23H24ClN3O5. The maximum Gasteiger partial charge on any atom is 0.280 e. The van der Waals surface area contributed by atoms with E-state index in [1.165, 1.54) is 18.7 Å². The summed E-state index contributed by atoms with van der Waals surface area (Å²) in [6, 6.07) is 12.4. The van der Waals surface area contributed by atoms with Gasteiger partial charge in [0.05, 0.1) is 19.9 Å². The Hall–Kier alpha value is -3.36. The Kier molecular flexibility index (Phi) is 7.17. The number of aryl methyl sites for hydroxylation is 2. The van der Waals surface area contributed by atoms with Crippen molar-refractivity contribution >= 4 is 17.5 Å². The van der Waals surface area contributed by atoms with E-state index in [0.717, 1.165) is 16.2 Å². The molecule has 3 aromatic rings. The lowest BCUT2D eigenvalue weighted by Crippen LogP contribution is -2.27. The molecule has 2 aromatic carbocycles. The lowest BCUT2D eigenvalue weighted by atomic mass is 10.1. The van der Waals surface area contributed by atoms with Crippen LogP contribution in [0.15, 0.2) is 47.3 Å². The van der Waals surface area contributed by atoms with Gasteiger partial charge in [0, 0.05) is 12.6 Å². The van der Waals surface area contributed by atoms with Crippen molar-refractivity contribution in [3.8, 4) is 17.3 Å². The van der Waals surface area contributed by atoms with Crippen LogP contribution < -0.4 is 15.0 Å². The molecule has 0 bridgehead atoms. The standard InChI is InChI=1S/C23H24ClN3O5/c1-14-9-10-17(22(28)26(3)31-5)12-19(14)27-15(2)25-21(20(24)23(27)29)32-13-16-7-6-8-18(11-16)30-4/h6-12H,13H2,1-5H3. The molecule has 0 fully saturated rings. The molecule has 0 saturated carbocycles. The van der Waals surface area contributed by atoms with E-state index < -0.39 is 5.56 Å². The Labute approximate surface area is 190 Å². The third-order valence-electron chi connectivity index (χ3n) is 4.93. The van der Waals surface area contributed by atoms with Crippen LogP contribution in [0.5, 0.6) is 11.6 Å². The largest absolute Gasteiger partial charge is 0.497 e. The molecule has 0 atom stereocenters. The van der Waals surface area contributed by atoms with Crippen LogP contribution in [0.25, 0.3) is 5.69 Å². The Morgan fingerprint density at radius 3 is 2.59 bits per heavy atom. The summed E-state index contributed by atoms with van der Waals surface area (Å²) >= 11 is 6.33. The number of hydroxylamine groups is 2. The van der Waals surface area contributed by atoms with Gasteiger partial charge in [-0.1, -0.05) is 29.8 Å². The van der Waals surface area contributed by atoms with E-state index in [2.05, 4.69) is 4.98 Å². The van der Waals surface area contributed by atoms with Gasteiger partial charge in [0.1, 0.15) is 18.2 Å². The van der Waals surface area contributed by atoms with E-state index in [0.29, 0.717) is 22.8 Å². The minimum atomic E-state index is -0.493. The van der Waals surface area contributed by atoms with Crippen molar-refractivity contribution in [1.29, 1.82) is 0 Å². The van der Waals surface area contributed by atoms with E-state index >= 15 is 0 Å². The number of methoxy groups -OCH3 is 1. The average Bonchev–Trinajstić information content (AvgIpc) is 2.80. The Balaban J connectivity index is 1.97. The second kappa shape index (κ2) is 9.84. The number of amides is 1. The Bertz CT molecular complexity index is 1210. The van der Waals surface area contributed by atoms with Gasteiger partial charge in [0.15, 0.2) is 5.02 Å². The van der Waals surface area contributed by atoms with Crippen molar-refractivity contribution in [3.05, 3.63) is 80.4 Å². The number of aromatic nitrogens is 2. The number of hydrogen-bond donors (Lipinski definition) is 0. The predicted octanol–water partition coefficient (Wildman–Crippen LogP) is 3.72. The van der Waals surface area contributed by atoms with Gasteiger partial charge >= 0.3 is 0 Å². The van der Waals surface area contributed by atoms with E-state index in [9.17, 15) is 9.59 Å². The summed E-state index contributed by atoms with van der Waals surface area (Å²) in [7, 11) is 4.49. The van der Waals surface area contributed by atoms with Gasteiger partial charge in [0.2, 0.25) is 5.88 Å². The van der Waals surface area contributed by atoms with Gasteiger partial charge in [-0.05, 0) is 49.2 Å². The topological polar surface area (TPSA) is 82.9 Å². The fourth-order valence-electron chi connectivity index (χ4n) is 3.12. The second-order valence-electron chi connectivity index (χ2n) is 7.05. The molecule has 1 amide bonds. The van der Waals surface area contributed by atoms with Crippen LogP contribution in [0.1, 0.15) is 27.3 Å². The third kappa shape index (κ3) is 4.76. The maximum atomic E-state index is 13.1. The zero-order chi connectivity index (χ0) is 23.4. The third-order valence-corrected chi connectivity index (χ3v) is 5.26. The molecule has 0 saturated heterocycles. The zero-order valence-corrected chi connectivity index (χ0v) is 19.3. The zero-order valence-electron chi connectivity index (χ0n) is 18.5. The van der Waals surface area contributed by atoms with Crippen molar-refractivity contribution < 1.29 is 19.1 Å². The molecule has 9 heteroatoms. The molecule has 8 nitrogen and oxygen atoms in total. The van der Waals surface area contributed by atoms with Crippen LogP contribution in [-0.4, -0.2) is 41.8 Å². The summed E-state index contributed by atoms with van der Waals surface area (Å²) in [6.07, 6.45) is 0. The molecule has 0 aliphatic heterocycles. The molecule has 0 unspecified atom stereocenters. The summed E-state index contributed by atoms with van der Waals surface area (Å²) in [4.78, 5) is 34.9. The average molecular weight is 458 g/mol. The summed E-state index contributed by atoms with van der Waals surface area (Å²) in [5.74, 6) is 0.752. The van der Waals surface area contributed by atoms with Crippen LogP contribution in [0.2, 0.25) is 5.02 Å². The van der Waals surface area contributed by atoms with Gasteiger partial charge in [-0.15, -0.1) is 0 Å². The number of halogens is 1. The molecule has 1 heterocycles. The SMILES string of the molecule is COc1cccc(COc2nc(C)n(-c3cc(C(=O)N(C)OC)ccc3C)c(=O)c2Cl)c1. The van der Waals surface area contributed by atoms with Crippen LogP contribution in [0.4, 0.5) is 0 Å². The van der Waals surface area contributed by atoms with E-state index in [1.54, 1.807) is 32.2 Å². The number of carbonyl (C=O) groups excluding carboxylic acids is 1. The van der Waals surface area contributed by atoms with Gasteiger partial charge in [-0.3, -0.25) is 19.0 Å². The van der Waals surface area contributed by atoms with Crippen LogP contribution in [0, 0.1) is 13.8 Å². The number of ether oxygens (including phenoxy) is 2. The molecule has 0 N–H and O–H groups in total. The molecule has 0 aliphatic rings. The smallest absolute Gasteiger partial charge is 0.280 e. The Morgan fingerprint density at radius 1 is 1.16 bits per heavy atom. The lowest BCUT2D eigenvalue weighted by Gasteiger charge is -2.17. The van der Waals surface area contributed by atoms with E-state index in [-0.39, 0.29) is 23.4 Å². The number of rotatable bonds is 7. The molecule has 0 spiro atoms. The molecule has 3 rings (SSSR count). The minimum absolute atomic E-state index is 0.0391. The normalized spacial score (nSPS) is 10.7. The molecule has 168 valence electrons. The predicted molar refractivity (Wildman–Crippen MR) is 121 cm³/mol. The first-order chi connectivity index (χ1) is 15.3. The van der Waals surface area contributed by atoms with Crippen molar-refractivity contribution in [2.24, 2.45) is 0 Å². The first-order valence-corrected chi connectivity index (χ1v) is 10.1. The molecule has 0 radical (unpaired) electrons. The fraction of sp³-hybridized carbons (Fsp3) is 0.261. The molecular weight excluding hydrogens is 434 g/mol. The lowest BCUT2D eigenvalue weighted by molar-refractivity contribution is -0.0757. The first-order valence-electron chi connectivity index (χ1n) is 9.75. The van der Waals surface area contributed by atoms with Crippen LogP contribution in [0.3, 0.4) is 0 Å². The van der Waals surface area contributed by atoms with E-state index in [1.807, 2.05) is 31.2 Å². The second-order valence-corrected chi connectivity index (χ2v) is 7.42. The maximum absolute atomic E-state index is 13.1. The quantitative estimate of drug-likeness (QED) is 0.503. The molecule has 1 aromatic heterocycles. The van der Waals surface area contributed by atoms with Gasteiger partial charge in [0.25, 0.3) is 11.5 Å². The van der Waals surface area contributed by atoms with Gasteiger partial charge < -0.3 is 9.47 Å². The summed E-state index contributed by atoms with van der Waals surface area (Å²) in [5.41, 5.74) is 1.98. The van der Waals surface area contributed by atoms with Gasteiger partial charge in [-0.2, -0.15) is 4.98 Å². The number of nitrogens with zero attached hydrogens (tertiary/aromatic N) is 3. The number of hydrogen-bond acceptors (Lipinski definition) is 6. The highest BCUT2D eigenvalue weighted by atomic mass is 35.5. The monoisotopic (exact) mass is 457 g/mol. The summed E-state index contributed by atoms with van der Waals surface area (Å²) in [6.45, 7) is 3.67. The van der Waals surface area contributed by atoms with Crippen LogP contribution in [-0.2, 0) is 11.4 Å². The highest BCUT2D eigenvalue weighted by Gasteiger charge is 2.19. The molecule has 0 aliphatic carbocycles. The first kappa shape index (κ1) is 23.3. The number of benzene rings is 2. The summed E-state index contributed by atoms with van der Waals surface area (Å²) < 4.78 is 12.3. The summed E-state index contributed by atoms with van der Waals surface area (Å²) in [5, 5.41) is 0.953. The highest BCUT2D eigenvalue weighted by Crippen LogP contribution is 2.24. The Morgan fingerprint density at radius 2 is 1.91 bits per heavy atom. The van der Waals surface area contributed by atoms with Crippen molar-refractivity contribution in [3.63, 3.8) is 0 Å². The molecule has 32 heavy (non-hydrogen) atoms.